The van der Waals surface area contributed by atoms with E-state index in [0.29, 0.717) is 44.3 Å². The van der Waals surface area contributed by atoms with Gasteiger partial charge in [-0.25, -0.2) is 0 Å². The zero-order valence-corrected chi connectivity index (χ0v) is 20.3. The van der Waals surface area contributed by atoms with E-state index in [4.69, 9.17) is 14.2 Å². The number of rotatable bonds is 13. The number of hydrogen-bond acceptors (Lipinski definition) is 7. The first kappa shape index (κ1) is 27.0. The van der Waals surface area contributed by atoms with Gasteiger partial charge in [0.15, 0.2) is 11.5 Å². The summed E-state index contributed by atoms with van der Waals surface area (Å²) in [5.74, 6) is -0.0997. The van der Waals surface area contributed by atoms with Crippen LogP contribution < -0.4 is 4.74 Å². The van der Waals surface area contributed by atoms with E-state index in [-0.39, 0.29) is 29.7 Å². The van der Waals surface area contributed by atoms with Gasteiger partial charge in [0.2, 0.25) is 0 Å². The molecule has 33 heavy (non-hydrogen) atoms. The van der Waals surface area contributed by atoms with E-state index in [1.165, 1.54) is 14.0 Å². The van der Waals surface area contributed by atoms with Gasteiger partial charge in [0.1, 0.15) is 12.2 Å². The van der Waals surface area contributed by atoms with E-state index in [1.807, 2.05) is 6.07 Å². The summed E-state index contributed by atoms with van der Waals surface area (Å²) in [6, 6.07) is 5.19. The number of carbonyl (C=O) groups excluding carboxylic acids is 2. The first-order chi connectivity index (χ1) is 15.8. The molecule has 0 unspecified atom stereocenters. The first-order valence-electron chi connectivity index (χ1n) is 12.2. The molecule has 0 aromatic heterocycles. The van der Waals surface area contributed by atoms with E-state index in [2.05, 4.69) is 0 Å². The van der Waals surface area contributed by atoms with E-state index in [0.717, 1.165) is 37.7 Å². The van der Waals surface area contributed by atoms with Gasteiger partial charge in [0, 0.05) is 13.3 Å². The Morgan fingerprint density at radius 1 is 1.06 bits per heavy atom. The van der Waals surface area contributed by atoms with Crippen LogP contribution in [0.5, 0.6) is 11.5 Å². The van der Waals surface area contributed by atoms with Crippen LogP contribution in [-0.2, 0) is 25.5 Å². The second kappa shape index (κ2) is 14.1. The lowest BCUT2D eigenvalue weighted by molar-refractivity contribution is -0.159. The molecule has 1 aliphatic rings. The molecule has 3 atom stereocenters. The largest absolute Gasteiger partial charge is 0.504 e. The third kappa shape index (κ3) is 10.0. The molecule has 7 heteroatoms. The molecular formula is C26H40O7. The molecule has 7 nitrogen and oxygen atoms in total. The van der Waals surface area contributed by atoms with Crippen LogP contribution in [0.1, 0.15) is 83.6 Å². The highest BCUT2D eigenvalue weighted by molar-refractivity contribution is 5.72. The lowest BCUT2D eigenvalue weighted by Gasteiger charge is -2.27. The lowest BCUT2D eigenvalue weighted by Crippen LogP contribution is -2.30. The molecule has 0 spiro atoms. The van der Waals surface area contributed by atoms with Gasteiger partial charge >= 0.3 is 11.9 Å². The third-order valence-corrected chi connectivity index (χ3v) is 6.23. The van der Waals surface area contributed by atoms with Crippen molar-refractivity contribution in [2.45, 2.75) is 103 Å². The van der Waals surface area contributed by atoms with Crippen molar-refractivity contribution in [2.75, 3.05) is 7.11 Å². The van der Waals surface area contributed by atoms with Gasteiger partial charge in [0.25, 0.3) is 0 Å². The molecule has 2 rings (SSSR count). The van der Waals surface area contributed by atoms with Crippen LogP contribution in [0.3, 0.4) is 0 Å². The predicted molar refractivity (Wildman–Crippen MR) is 125 cm³/mol. The number of aliphatic hydroxyl groups excluding tert-OH is 1. The maximum absolute atomic E-state index is 12.9. The minimum Gasteiger partial charge on any atom is -0.504 e. The minimum absolute atomic E-state index is 0.0579. The average Bonchev–Trinajstić information content (AvgIpc) is 2.78. The Labute approximate surface area is 197 Å². The van der Waals surface area contributed by atoms with Gasteiger partial charge in [-0.3, -0.25) is 9.59 Å². The normalized spacial score (nSPS) is 17.1. The highest BCUT2D eigenvalue weighted by Crippen LogP contribution is 2.29. The molecule has 1 fully saturated rings. The second-order valence-corrected chi connectivity index (χ2v) is 9.19. The number of phenolic OH excluding ortho intramolecular Hbond substituents is 1. The van der Waals surface area contributed by atoms with Crippen LogP contribution in [0.4, 0.5) is 0 Å². The average molecular weight is 465 g/mol. The quantitative estimate of drug-likeness (QED) is 0.408. The molecule has 0 amide bonds. The molecule has 0 aliphatic heterocycles. The standard InChI is InChI=1S/C26H40O7/c1-18(27)8-7-11-22(32-19(2)28)17-23(33-26(30)21-9-5-4-6-10-21)14-12-20-13-15-24(29)25(16-20)31-3/h13,15-16,18,21-23,27,29H,4-12,14,17H2,1-3H3/t18-,22+,23-/m0/s1. The van der Waals surface area contributed by atoms with Crippen molar-refractivity contribution >= 4 is 11.9 Å². The van der Waals surface area contributed by atoms with E-state index in [1.54, 1.807) is 19.1 Å². The maximum atomic E-state index is 12.9. The van der Waals surface area contributed by atoms with Gasteiger partial charge < -0.3 is 24.4 Å². The third-order valence-electron chi connectivity index (χ3n) is 6.23. The molecule has 186 valence electrons. The SMILES string of the molecule is COc1cc(CC[C@@H](C[C@@H](CCC[C@H](C)O)OC(C)=O)OC(=O)C2CCCCC2)ccc1O. The van der Waals surface area contributed by atoms with Crippen LogP contribution in [0.15, 0.2) is 18.2 Å². The summed E-state index contributed by atoms with van der Waals surface area (Å²) in [4.78, 5) is 24.5. The Bertz CT molecular complexity index is 740. The van der Waals surface area contributed by atoms with Crippen molar-refractivity contribution in [3.8, 4) is 11.5 Å². The fourth-order valence-corrected chi connectivity index (χ4v) is 4.42. The number of aromatic hydroxyl groups is 1. The Morgan fingerprint density at radius 3 is 2.39 bits per heavy atom. The summed E-state index contributed by atoms with van der Waals surface area (Å²) in [7, 11) is 1.50. The number of hydrogen-bond donors (Lipinski definition) is 2. The lowest BCUT2D eigenvalue weighted by atomic mass is 9.89. The zero-order valence-electron chi connectivity index (χ0n) is 20.3. The molecule has 0 saturated heterocycles. The monoisotopic (exact) mass is 464 g/mol. The summed E-state index contributed by atoms with van der Waals surface area (Å²) < 4.78 is 16.7. The second-order valence-electron chi connectivity index (χ2n) is 9.19. The van der Waals surface area contributed by atoms with E-state index in [9.17, 15) is 19.8 Å². The number of esters is 2. The minimum atomic E-state index is -0.410. The summed E-state index contributed by atoms with van der Waals surface area (Å²) in [5.41, 5.74) is 0.960. The highest BCUT2D eigenvalue weighted by Gasteiger charge is 2.27. The van der Waals surface area contributed by atoms with Gasteiger partial charge in [-0.05, 0) is 69.6 Å². The van der Waals surface area contributed by atoms with Crippen molar-refractivity contribution in [3.05, 3.63) is 23.8 Å². The van der Waals surface area contributed by atoms with Crippen LogP contribution in [-0.4, -0.2) is 47.6 Å². The highest BCUT2D eigenvalue weighted by atomic mass is 16.6. The number of ether oxygens (including phenoxy) is 3. The fourth-order valence-electron chi connectivity index (χ4n) is 4.42. The van der Waals surface area contributed by atoms with Gasteiger partial charge in [-0.15, -0.1) is 0 Å². The van der Waals surface area contributed by atoms with Crippen LogP contribution in [0.25, 0.3) is 0 Å². The number of aliphatic hydroxyl groups is 1. The molecule has 0 radical (unpaired) electrons. The Balaban J connectivity index is 2.07. The van der Waals surface area contributed by atoms with Gasteiger partial charge in [0.05, 0.1) is 19.1 Å². The van der Waals surface area contributed by atoms with Crippen molar-refractivity contribution < 1.29 is 34.0 Å². The predicted octanol–water partition coefficient (Wildman–Crippen LogP) is 4.70. The summed E-state index contributed by atoms with van der Waals surface area (Å²) >= 11 is 0. The Hall–Kier alpha value is -2.28. The van der Waals surface area contributed by atoms with E-state index >= 15 is 0 Å². The van der Waals surface area contributed by atoms with Crippen LogP contribution in [0, 0.1) is 5.92 Å². The van der Waals surface area contributed by atoms with Crippen molar-refractivity contribution in [2.24, 2.45) is 5.92 Å². The number of methoxy groups -OCH3 is 1. The summed E-state index contributed by atoms with van der Waals surface area (Å²) in [5, 5.41) is 19.4. The number of carbonyl (C=O) groups is 2. The van der Waals surface area contributed by atoms with Crippen molar-refractivity contribution in [1.82, 2.24) is 0 Å². The van der Waals surface area contributed by atoms with Crippen molar-refractivity contribution in [3.63, 3.8) is 0 Å². The van der Waals surface area contributed by atoms with Gasteiger partial charge in [-0.1, -0.05) is 25.3 Å². The summed E-state index contributed by atoms with van der Waals surface area (Å²) in [6.45, 7) is 3.12. The molecule has 1 aliphatic carbocycles. The zero-order chi connectivity index (χ0) is 24.2. The molecule has 0 bridgehead atoms. The molecule has 1 saturated carbocycles. The van der Waals surface area contributed by atoms with E-state index < -0.39 is 12.2 Å². The summed E-state index contributed by atoms with van der Waals surface area (Å²) in [6.07, 6.45) is 7.37. The molecule has 2 N–H and O–H groups in total. The molecule has 1 aromatic carbocycles. The maximum Gasteiger partial charge on any atom is 0.309 e. The number of phenols is 1. The molecule has 1 aromatic rings. The fraction of sp³-hybridized carbons (Fsp3) is 0.692. The Kier molecular flexibility index (Phi) is 11.5. The van der Waals surface area contributed by atoms with Crippen LogP contribution in [0.2, 0.25) is 0 Å². The number of aryl methyl sites for hydroxylation is 1. The number of benzene rings is 1. The first-order valence-corrected chi connectivity index (χ1v) is 12.2. The van der Waals surface area contributed by atoms with Gasteiger partial charge in [-0.2, -0.15) is 0 Å². The molecule has 0 heterocycles. The Morgan fingerprint density at radius 2 is 1.76 bits per heavy atom. The molecular weight excluding hydrogens is 424 g/mol. The van der Waals surface area contributed by atoms with Crippen molar-refractivity contribution in [1.29, 1.82) is 0 Å². The van der Waals surface area contributed by atoms with Crippen LogP contribution >= 0.6 is 0 Å². The smallest absolute Gasteiger partial charge is 0.309 e. The topological polar surface area (TPSA) is 102 Å².